The third kappa shape index (κ3) is 1.98. The minimum absolute atomic E-state index is 0.302. The van der Waals surface area contributed by atoms with Crippen LogP contribution in [0.15, 0.2) is 24.3 Å². The van der Waals surface area contributed by atoms with E-state index in [1.165, 1.54) is 37.8 Å². The topological polar surface area (TPSA) is 29.3 Å². The molecule has 0 saturated heterocycles. The monoisotopic (exact) mass is 244 g/mol. The molecule has 1 heterocycles. The Balaban J connectivity index is 1.83. The van der Waals surface area contributed by atoms with Gasteiger partial charge in [-0.15, -0.1) is 0 Å². The Labute approximate surface area is 110 Å². The van der Waals surface area contributed by atoms with Gasteiger partial charge in [0.25, 0.3) is 0 Å². The zero-order chi connectivity index (χ0) is 12.6. The van der Waals surface area contributed by atoms with E-state index in [1.54, 1.807) is 5.56 Å². The largest absolute Gasteiger partial charge is 0.329 e. The fraction of sp³-hybridized carbons (Fsp3) is 0.625. The van der Waals surface area contributed by atoms with E-state index >= 15 is 0 Å². The molecule has 1 saturated carbocycles. The van der Waals surface area contributed by atoms with Crippen molar-refractivity contribution in [3.05, 3.63) is 35.4 Å². The number of benzene rings is 1. The molecule has 2 N–H and O–H groups in total. The average Bonchev–Trinajstić information content (AvgIpc) is 2.56. The van der Waals surface area contributed by atoms with Crippen LogP contribution in [0.3, 0.4) is 0 Å². The summed E-state index contributed by atoms with van der Waals surface area (Å²) in [6, 6.07) is 8.91. The van der Waals surface area contributed by atoms with Gasteiger partial charge in [-0.1, -0.05) is 31.2 Å². The summed E-state index contributed by atoms with van der Waals surface area (Å²) in [6.07, 6.45) is 5.06. The zero-order valence-corrected chi connectivity index (χ0v) is 11.4. The maximum atomic E-state index is 6.09. The van der Waals surface area contributed by atoms with E-state index < -0.39 is 0 Å². The third-order valence-corrected chi connectivity index (χ3v) is 4.86. The maximum Gasteiger partial charge on any atom is 0.0340 e. The highest BCUT2D eigenvalue weighted by Gasteiger charge is 2.45. The van der Waals surface area contributed by atoms with Gasteiger partial charge >= 0.3 is 0 Å². The molecule has 1 aliphatic carbocycles. The molecule has 18 heavy (non-hydrogen) atoms. The molecule has 1 aromatic rings. The van der Waals surface area contributed by atoms with E-state index in [9.17, 15) is 0 Å². The van der Waals surface area contributed by atoms with E-state index in [2.05, 4.69) is 36.1 Å². The summed E-state index contributed by atoms with van der Waals surface area (Å²) in [5.41, 5.74) is 9.45. The Morgan fingerprint density at radius 3 is 2.67 bits per heavy atom. The van der Waals surface area contributed by atoms with Gasteiger partial charge < -0.3 is 5.73 Å². The molecule has 2 aliphatic rings. The van der Waals surface area contributed by atoms with Crippen molar-refractivity contribution < 1.29 is 0 Å². The SMILES string of the molecule is CC1CC(CN)(N2CCCc3ccccc3C2)C1. The first-order valence-corrected chi connectivity index (χ1v) is 7.25. The summed E-state index contributed by atoms with van der Waals surface area (Å²) in [5, 5.41) is 0. The minimum Gasteiger partial charge on any atom is -0.329 e. The molecule has 3 rings (SSSR count). The van der Waals surface area contributed by atoms with Crippen molar-refractivity contribution in [3.8, 4) is 0 Å². The Hall–Kier alpha value is -0.860. The second-order valence-corrected chi connectivity index (χ2v) is 6.24. The standard InChI is InChI=1S/C16H24N2/c1-13-9-16(10-13,12-17)18-8-4-7-14-5-2-3-6-15(14)11-18/h2-3,5-6,13H,4,7-12,17H2,1H3. The average molecular weight is 244 g/mol. The predicted octanol–water partition coefficient (Wildman–Crippen LogP) is 2.56. The first-order valence-electron chi connectivity index (χ1n) is 7.25. The van der Waals surface area contributed by atoms with Gasteiger partial charge in [0.15, 0.2) is 0 Å². The van der Waals surface area contributed by atoms with E-state index in [-0.39, 0.29) is 0 Å². The molecule has 0 radical (unpaired) electrons. The van der Waals surface area contributed by atoms with Gasteiger partial charge in [-0.05, 0) is 49.3 Å². The van der Waals surface area contributed by atoms with Crippen LogP contribution in [0.5, 0.6) is 0 Å². The lowest BCUT2D eigenvalue weighted by molar-refractivity contribution is -0.0178. The van der Waals surface area contributed by atoms with Crippen LogP contribution in [-0.2, 0) is 13.0 Å². The Bertz CT molecular complexity index is 421. The minimum atomic E-state index is 0.302. The molecule has 1 fully saturated rings. The first-order chi connectivity index (χ1) is 8.73. The number of hydrogen-bond donors (Lipinski definition) is 1. The molecule has 0 amide bonds. The normalized spacial score (nSPS) is 32.4. The first kappa shape index (κ1) is 12.2. The summed E-state index contributed by atoms with van der Waals surface area (Å²) in [6.45, 7) is 5.47. The molecule has 0 unspecified atom stereocenters. The van der Waals surface area contributed by atoms with Gasteiger partial charge in [0.2, 0.25) is 0 Å². The lowest BCUT2D eigenvalue weighted by Gasteiger charge is -2.53. The van der Waals surface area contributed by atoms with E-state index in [0.29, 0.717) is 5.54 Å². The zero-order valence-electron chi connectivity index (χ0n) is 11.4. The predicted molar refractivity (Wildman–Crippen MR) is 75.4 cm³/mol. The van der Waals surface area contributed by atoms with E-state index in [1.807, 2.05) is 0 Å². The number of rotatable bonds is 2. The third-order valence-electron chi connectivity index (χ3n) is 4.86. The molecule has 98 valence electrons. The summed E-state index contributed by atoms with van der Waals surface area (Å²) >= 11 is 0. The second kappa shape index (κ2) is 4.67. The Morgan fingerprint density at radius 1 is 1.28 bits per heavy atom. The van der Waals surface area contributed by atoms with Gasteiger partial charge in [0.05, 0.1) is 0 Å². The number of aryl methyl sites for hydroxylation is 1. The lowest BCUT2D eigenvalue weighted by Crippen LogP contribution is -2.60. The van der Waals surface area contributed by atoms with Crippen LogP contribution in [-0.4, -0.2) is 23.5 Å². The molecule has 0 spiro atoms. The number of fused-ring (bicyclic) bond motifs is 1. The highest BCUT2D eigenvalue weighted by Crippen LogP contribution is 2.43. The summed E-state index contributed by atoms with van der Waals surface area (Å²) < 4.78 is 0. The van der Waals surface area contributed by atoms with E-state index in [0.717, 1.165) is 19.0 Å². The molecule has 0 bridgehead atoms. The Kier molecular flexibility index (Phi) is 3.16. The highest BCUT2D eigenvalue weighted by molar-refractivity contribution is 5.28. The van der Waals surface area contributed by atoms with Crippen molar-refractivity contribution in [3.63, 3.8) is 0 Å². The van der Waals surface area contributed by atoms with Crippen LogP contribution >= 0.6 is 0 Å². The fourth-order valence-electron chi connectivity index (χ4n) is 3.90. The van der Waals surface area contributed by atoms with Gasteiger partial charge in [0, 0.05) is 18.6 Å². The van der Waals surface area contributed by atoms with Gasteiger partial charge in [-0.3, -0.25) is 4.90 Å². The van der Waals surface area contributed by atoms with Crippen molar-refractivity contribution in [1.29, 1.82) is 0 Å². The molecule has 0 aromatic heterocycles. The van der Waals surface area contributed by atoms with Crippen LogP contribution in [0.2, 0.25) is 0 Å². The molecule has 1 aromatic carbocycles. The maximum absolute atomic E-state index is 6.09. The molecule has 2 nitrogen and oxygen atoms in total. The van der Waals surface area contributed by atoms with Crippen LogP contribution in [0.1, 0.15) is 37.3 Å². The lowest BCUT2D eigenvalue weighted by atomic mass is 9.68. The van der Waals surface area contributed by atoms with Crippen LogP contribution < -0.4 is 5.73 Å². The van der Waals surface area contributed by atoms with Gasteiger partial charge in [-0.25, -0.2) is 0 Å². The van der Waals surface area contributed by atoms with Crippen molar-refractivity contribution in [1.82, 2.24) is 4.90 Å². The summed E-state index contributed by atoms with van der Waals surface area (Å²) in [5.74, 6) is 0.854. The van der Waals surface area contributed by atoms with Gasteiger partial charge in [-0.2, -0.15) is 0 Å². The molecule has 2 heteroatoms. The van der Waals surface area contributed by atoms with Crippen molar-refractivity contribution in [2.75, 3.05) is 13.1 Å². The van der Waals surface area contributed by atoms with Crippen molar-refractivity contribution in [2.45, 2.75) is 44.7 Å². The van der Waals surface area contributed by atoms with Gasteiger partial charge in [0.1, 0.15) is 0 Å². The summed E-state index contributed by atoms with van der Waals surface area (Å²) in [7, 11) is 0. The molecular formula is C16H24N2. The van der Waals surface area contributed by atoms with Crippen LogP contribution in [0, 0.1) is 5.92 Å². The van der Waals surface area contributed by atoms with Crippen LogP contribution in [0.25, 0.3) is 0 Å². The van der Waals surface area contributed by atoms with Crippen molar-refractivity contribution in [2.24, 2.45) is 11.7 Å². The summed E-state index contributed by atoms with van der Waals surface area (Å²) in [4.78, 5) is 2.67. The fourth-order valence-corrected chi connectivity index (χ4v) is 3.90. The number of hydrogen-bond acceptors (Lipinski definition) is 2. The van der Waals surface area contributed by atoms with Crippen molar-refractivity contribution >= 4 is 0 Å². The smallest absolute Gasteiger partial charge is 0.0340 e. The quantitative estimate of drug-likeness (QED) is 0.866. The molecular weight excluding hydrogens is 220 g/mol. The van der Waals surface area contributed by atoms with E-state index in [4.69, 9.17) is 5.73 Å². The van der Waals surface area contributed by atoms with Crippen LogP contribution in [0.4, 0.5) is 0 Å². The Morgan fingerprint density at radius 2 is 2.00 bits per heavy atom. The number of nitrogens with two attached hydrogens (primary N) is 1. The molecule has 1 aliphatic heterocycles. The highest BCUT2D eigenvalue weighted by atomic mass is 15.2. The second-order valence-electron chi connectivity index (χ2n) is 6.24. The number of nitrogens with zero attached hydrogens (tertiary/aromatic N) is 1. The molecule has 0 atom stereocenters.